The van der Waals surface area contributed by atoms with Crippen LogP contribution in [-0.4, -0.2) is 33.0 Å². The van der Waals surface area contributed by atoms with Crippen molar-refractivity contribution in [2.75, 3.05) is 11.5 Å². The summed E-state index contributed by atoms with van der Waals surface area (Å²) in [4.78, 5) is 14.7. The molecule has 1 aliphatic heterocycles. The average molecular weight is 429 g/mol. The minimum atomic E-state index is -3.54. The summed E-state index contributed by atoms with van der Waals surface area (Å²) in [6.07, 6.45) is 5.91. The Morgan fingerprint density at radius 2 is 1.77 bits per heavy atom. The molecule has 0 aromatic heterocycles. The van der Waals surface area contributed by atoms with Crippen LogP contribution in [0.3, 0.4) is 0 Å². The lowest BCUT2D eigenvalue weighted by atomic mass is 9.96. The van der Waals surface area contributed by atoms with E-state index >= 15 is 0 Å². The van der Waals surface area contributed by atoms with Gasteiger partial charge in [-0.15, -0.1) is 0 Å². The summed E-state index contributed by atoms with van der Waals surface area (Å²) in [5, 5.41) is 0. The molecule has 1 N–H and O–H groups in total. The molecule has 1 aliphatic carbocycles. The van der Waals surface area contributed by atoms with Gasteiger partial charge in [0.1, 0.15) is 5.75 Å². The average Bonchev–Trinajstić information content (AvgIpc) is 3.08. The predicted octanol–water partition coefficient (Wildman–Crippen LogP) is 3.65. The maximum atomic E-state index is 12.7. The molecule has 1 heterocycles. The Morgan fingerprint density at radius 1 is 1.07 bits per heavy atom. The van der Waals surface area contributed by atoms with Gasteiger partial charge in [0.25, 0.3) is 5.91 Å². The largest absolute Gasteiger partial charge is 0.484 e. The second kappa shape index (κ2) is 8.78. The van der Waals surface area contributed by atoms with E-state index in [2.05, 4.69) is 4.72 Å². The highest BCUT2D eigenvalue weighted by molar-refractivity contribution is 7.89. The number of amides is 1. The van der Waals surface area contributed by atoms with Crippen molar-refractivity contribution in [2.45, 2.75) is 62.4 Å². The normalized spacial score (nSPS) is 19.5. The van der Waals surface area contributed by atoms with Crippen molar-refractivity contribution in [2.24, 2.45) is 0 Å². The first kappa shape index (κ1) is 20.9. The summed E-state index contributed by atoms with van der Waals surface area (Å²) < 4.78 is 33.6. The van der Waals surface area contributed by atoms with Crippen LogP contribution in [0, 0.1) is 0 Å². The summed E-state index contributed by atoms with van der Waals surface area (Å²) in [6.45, 7) is 1.93. The predicted molar refractivity (Wildman–Crippen MR) is 116 cm³/mol. The van der Waals surface area contributed by atoms with Crippen molar-refractivity contribution in [3.05, 3.63) is 54.1 Å². The van der Waals surface area contributed by atoms with Crippen LogP contribution in [0.5, 0.6) is 5.75 Å². The van der Waals surface area contributed by atoms with E-state index in [1.165, 1.54) is 24.1 Å². The molecule has 160 valence electrons. The van der Waals surface area contributed by atoms with Gasteiger partial charge in [-0.3, -0.25) is 4.79 Å². The number of carbonyl (C=O) groups excluding carboxylic acids is 1. The van der Waals surface area contributed by atoms with Crippen LogP contribution >= 0.6 is 0 Å². The van der Waals surface area contributed by atoms with Crippen LogP contribution in [0.15, 0.2) is 53.4 Å². The quantitative estimate of drug-likeness (QED) is 0.762. The van der Waals surface area contributed by atoms with Gasteiger partial charge in [0, 0.05) is 17.8 Å². The maximum Gasteiger partial charge on any atom is 0.265 e. The first-order chi connectivity index (χ1) is 14.4. The Bertz CT molecular complexity index is 998. The van der Waals surface area contributed by atoms with Gasteiger partial charge in [-0.25, -0.2) is 13.1 Å². The topological polar surface area (TPSA) is 75.7 Å². The fourth-order valence-corrected chi connectivity index (χ4v) is 5.69. The molecule has 2 aromatic carbocycles. The maximum absolute atomic E-state index is 12.7. The molecule has 1 atom stereocenters. The van der Waals surface area contributed by atoms with E-state index < -0.39 is 10.0 Å². The molecular formula is C23H28N2O4S. The van der Waals surface area contributed by atoms with E-state index in [-0.39, 0.29) is 29.5 Å². The number of anilines is 1. The number of hydrogen-bond donors (Lipinski definition) is 1. The van der Waals surface area contributed by atoms with Crippen LogP contribution in [0.25, 0.3) is 0 Å². The second-order valence-electron chi connectivity index (χ2n) is 8.16. The lowest BCUT2D eigenvalue weighted by Gasteiger charge is -2.23. The molecule has 1 fully saturated rings. The van der Waals surface area contributed by atoms with E-state index in [0.717, 1.165) is 37.8 Å². The van der Waals surface area contributed by atoms with Crippen molar-refractivity contribution in [3.8, 4) is 5.75 Å². The summed E-state index contributed by atoms with van der Waals surface area (Å²) in [5.41, 5.74) is 2.10. The van der Waals surface area contributed by atoms with Crippen LogP contribution in [0.4, 0.5) is 5.69 Å². The van der Waals surface area contributed by atoms with Gasteiger partial charge in [0.05, 0.1) is 4.90 Å². The van der Waals surface area contributed by atoms with Gasteiger partial charge in [-0.1, -0.05) is 37.5 Å². The highest BCUT2D eigenvalue weighted by Crippen LogP contribution is 2.32. The van der Waals surface area contributed by atoms with Crippen molar-refractivity contribution < 1.29 is 17.9 Å². The zero-order valence-corrected chi connectivity index (χ0v) is 18.0. The standard InChI is InChI=1S/C23H28N2O4S/c1-17-15-18-7-5-6-10-22(18)25(17)23(26)16-29-20-11-13-21(14-12-20)30(27,28)24-19-8-3-2-4-9-19/h5-7,10-14,17,19,24H,2-4,8-9,15-16H2,1H3/t17-/m0/s1. The molecule has 0 unspecified atom stereocenters. The molecule has 0 bridgehead atoms. The van der Waals surface area contributed by atoms with E-state index in [1.807, 2.05) is 31.2 Å². The number of nitrogens with one attached hydrogen (secondary N) is 1. The molecular weight excluding hydrogens is 400 g/mol. The lowest BCUT2D eigenvalue weighted by Crippen LogP contribution is -2.39. The molecule has 2 aromatic rings. The van der Waals surface area contributed by atoms with Crippen molar-refractivity contribution >= 4 is 21.6 Å². The number of para-hydroxylation sites is 1. The third-order valence-electron chi connectivity index (χ3n) is 5.90. The van der Waals surface area contributed by atoms with Gasteiger partial charge < -0.3 is 9.64 Å². The SMILES string of the molecule is C[C@H]1Cc2ccccc2N1C(=O)COc1ccc(S(=O)(=O)NC2CCCCC2)cc1. The first-order valence-electron chi connectivity index (χ1n) is 10.6. The molecule has 7 heteroatoms. The molecule has 1 amide bonds. The highest BCUT2D eigenvalue weighted by Gasteiger charge is 2.30. The molecule has 2 aliphatic rings. The molecule has 0 radical (unpaired) electrons. The van der Waals surface area contributed by atoms with E-state index in [4.69, 9.17) is 4.74 Å². The number of rotatable bonds is 6. The Kier molecular flexibility index (Phi) is 6.11. The number of ether oxygens (including phenoxy) is 1. The van der Waals surface area contributed by atoms with Gasteiger partial charge in [-0.05, 0) is 62.1 Å². The number of sulfonamides is 1. The number of fused-ring (bicyclic) bond motifs is 1. The van der Waals surface area contributed by atoms with Crippen LogP contribution < -0.4 is 14.4 Å². The second-order valence-corrected chi connectivity index (χ2v) is 9.88. The molecule has 4 rings (SSSR count). The molecule has 0 saturated heterocycles. The van der Waals surface area contributed by atoms with Crippen LogP contribution in [-0.2, 0) is 21.2 Å². The Hall–Kier alpha value is -2.38. The Morgan fingerprint density at radius 3 is 2.50 bits per heavy atom. The van der Waals surface area contributed by atoms with Gasteiger partial charge in [0.2, 0.25) is 10.0 Å². The number of carbonyl (C=O) groups is 1. The fourth-order valence-electron chi connectivity index (χ4n) is 4.38. The Balaban J connectivity index is 1.36. The van der Waals surface area contributed by atoms with E-state index in [1.54, 1.807) is 17.0 Å². The molecule has 1 saturated carbocycles. The minimum Gasteiger partial charge on any atom is -0.484 e. The minimum absolute atomic E-state index is 0.0163. The summed E-state index contributed by atoms with van der Waals surface area (Å²) in [5.74, 6) is 0.364. The smallest absolute Gasteiger partial charge is 0.265 e. The van der Waals surface area contributed by atoms with E-state index in [0.29, 0.717) is 5.75 Å². The van der Waals surface area contributed by atoms with Crippen molar-refractivity contribution in [3.63, 3.8) is 0 Å². The molecule has 6 nitrogen and oxygen atoms in total. The monoisotopic (exact) mass is 428 g/mol. The molecule has 0 spiro atoms. The van der Waals surface area contributed by atoms with Crippen molar-refractivity contribution in [1.29, 1.82) is 0 Å². The third-order valence-corrected chi connectivity index (χ3v) is 7.44. The summed E-state index contributed by atoms with van der Waals surface area (Å²) >= 11 is 0. The number of benzene rings is 2. The summed E-state index contributed by atoms with van der Waals surface area (Å²) in [6, 6.07) is 14.3. The number of hydrogen-bond acceptors (Lipinski definition) is 4. The fraction of sp³-hybridized carbons (Fsp3) is 0.435. The lowest BCUT2D eigenvalue weighted by molar-refractivity contribution is -0.120. The van der Waals surface area contributed by atoms with Crippen LogP contribution in [0.1, 0.15) is 44.6 Å². The van der Waals surface area contributed by atoms with Crippen LogP contribution in [0.2, 0.25) is 0 Å². The van der Waals surface area contributed by atoms with E-state index in [9.17, 15) is 13.2 Å². The van der Waals surface area contributed by atoms with Gasteiger partial charge in [0.15, 0.2) is 6.61 Å². The Labute approximate surface area is 178 Å². The highest BCUT2D eigenvalue weighted by atomic mass is 32.2. The zero-order valence-electron chi connectivity index (χ0n) is 17.2. The van der Waals surface area contributed by atoms with Gasteiger partial charge >= 0.3 is 0 Å². The first-order valence-corrected chi connectivity index (χ1v) is 12.1. The number of nitrogens with zero attached hydrogens (tertiary/aromatic N) is 1. The zero-order chi connectivity index (χ0) is 21.1. The summed E-state index contributed by atoms with van der Waals surface area (Å²) in [7, 11) is -3.54. The third kappa shape index (κ3) is 4.52. The van der Waals surface area contributed by atoms with Gasteiger partial charge in [-0.2, -0.15) is 0 Å². The molecule has 30 heavy (non-hydrogen) atoms. The van der Waals surface area contributed by atoms with Crippen molar-refractivity contribution in [1.82, 2.24) is 4.72 Å².